The van der Waals surface area contributed by atoms with E-state index in [2.05, 4.69) is 6.08 Å². The van der Waals surface area contributed by atoms with Gasteiger partial charge in [0, 0.05) is 29.3 Å². The number of imide groups is 1. The summed E-state index contributed by atoms with van der Waals surface area (Å²) in [5.41, 5.74) is 2.96. The fourth-order valence-corrected chi connectivity index (χ4v) is 9.97. The predicted molar refractivity (Wildman–Crippen MR) is 201 cm³/mol. The van der Waals surface area contributed by atoms with Gasteiger partial charge in [0.1, 0.15) is 11.5 Å². The van der Waals surface area contributed by atoms with Crippen molar-refractivity contribution in [2.45, 2.75) is 30.6 Å². The van der Waals surface area contributed by atoms with Crippen molar-refractivity contribution in [2.24, 2.45) is 23.7 Å². The van der Waals surface area contributed by atoms with E-state index < -0.39 is 35.0 Å². The van der Waals surface area contributed by atoms with E-state index in [0.29, 0.717) is 29.4 Å². The van der Waals surface area contributed by atoms with Crippen LogP contribution >= 0.6 is 0 Å². The molecule has 2 fully saturated rings. The van der Waals surface area contributed by atoms with Crippen molar-refractivity contribution in [1.82, 2.24) is 4.90 Å². The second kappa shape index (κ2) is 12.6. The first-order valence-corrected chi connectivity index (χ1v) is 18.2. The molecule has 2 N–H and O–H groups in total. The third-order valence-corrected chi connectivity index (χ3v) is 12.3. The van der Waals surface area contributed by atoms with Crippen molar-refractivity contribution in [3.05, 3.63) is 161 Å². The minimum Gasteiger partial charge on any atom is -0.508 e. The van der Waals surface area contributed by atoms with E-state index in [9.17, 15) is 19.8 Å². The van der Waals surface area contributed by atoms with Crippen LogP contribution in [0.2, 0.25) is 0 Å². The first-order chi connectivity index (χ1) is 25.8. The Bertz CT molecular complexity index is 2380. The van der Waals surface area contributed by atoms with E-state index in [0.717, 1.165) is 27.6 Å². The number of likely N-dealkylation sites (tertiary alicyclic amines) is 1. The van der Waals surface area contributed by atoms with Crippen molar-refractivity contribution in [3.63, 3.8) is 0 Å². The zero-order chi connectivity index (χ0) is 36.4. The summed E-state index contributed by atoms with van der Waals surface area (Å²) in [6.45, 7) is 0.208. The third-order valence-electron chi connectivity index (χ3n) is 12.3. The van der Waals surface area contributed by atoms with Crippen LogP contribution in [0.25, 0.3) is 16.3 Å². The highest BCUT2D eigenvalue weighted by Gasteiger charge is 2.66. The number of ketones is 2. The first kappa shape index (κ1) is 32.8. The van der Waals surface area contributed by atoms with Gasteiger partial charge < -0.3 is 10.2 Å². The van der Waals surface area contributed by atoms with Crippen LogP contribution in [0.1, 0.15) is 41.0 Å². The molecule has 6 unspecified atom stereocenters. The molecule has 7 nitrogen and oxygen atoms in total. The van der Waals surface area contributed by atoms with Gasteiger partial charge in [0.25, 0.3) is 0 Å². The summed E-state index contributed by atoms with van der Waals surface area (Å²) >= 11 is 0. The highest BCUT2D eigenvalue weighted by atomic mass is 16.3. The van der Waals surface area contributed by atoms with Crippen molar-refractivity contribution >= 4 is 39.7 Å². The van der Waals surface area contributed by atoms with Gasteiger partial charge in [-0.25, -0.2) is 0 Å². The summed E-state index contributed by atoms with van der Waals surface area (Å²) in [6, 6.07) is 36.6. The summed E-state index contributed by atoms with van der Waals surface area (Å²) in [4.78, 5) is 60.5. The summed E-state index contributed by atoms with van der Waals surface area (Å²) in [5, 5.41) is 22.2. The Morgan fingerprint density at radius 1 is 0.698 bits per heavy atom. The molecule has 1 saturated carbocycles. The third kappa shape index (κ3) is 4.94. The average molecular weight is 700 g/mol. The fraction of sp³-hybridized carbons (Fsp3) is 0.217. The van der Waals surface area contributed by atoms with Gasteiger partial charge in [-0.05, 0) is 77.1 Å². The van der Waals surface area contributed by atoms with E-state index in [4.69, 9.17) is 0 Å². The van der Waals surface area contributed by atoms with Crippen molar-refractivity contribution in [3.8, 4) is 11.5 Å². The van der Waals surface area contributed by atoms with Crippen LogP contribution in [0.15, 0.2) is 139 Å². The van der Waals surface area contributed by atoms with Crippen LogP contribution in [-0.4, -0.2) is 45.0 Å². The Morgan fingerprint density at radius 2 is 1.38 bits per heavy atom. The van der Waals surface area contributed by atoms with Crippen molar-refractivity contribution < 1.29 is 29.4 Å². The Kier molecular flexibility index (Phi) is 7.77. The van der Waals surface area contributed by atoms with Gasteiger partial charge in [-0.15, -0.1) is 0 Å². The molecule has 5 aromatic rings. The van der Waals surface area contributed by atoms with Gasteiger partial charge in [0.2, 0.25) is 11.8 Å². The van der Waals surface area contributed by atoms with Gasteiger partial charge in [0.05, 0.1) is 17.3 Å². The first-order valence-electron chi connectivity index (χ1n) is 18.2. The van der Waals surface area contributed by atoms with E-state index in [1.807, 2.05) is 91.0 Å². The van der Waals surface area contributed by atoms with Crippen LogP contribution in [0.5, 0.6) is 11.5 Å². The number of carbonyl (C=O) groups excluding carboxylic acids is 4. The van der Waals surface area contributed by atoms with E-state index in [-0.39, 0.29) is 47.8 Å². The standard InChI is InChI=1S/C46H37NO6/c48-30-17-15-27(16-18-30)23-24-47-44(52)35-20-19-34-37(41(35)45(47)53)25-38-43(51)36(28-9-3-1-4-10-28)26-40(50)46(38,29-11-5-2-6-12-29)42(34)33-21-22-39(49)32-14-8-7-13-31(32)33/h1-19,21-22,26,35,37-38,41-42,48-49H,20,23-25H2. The largest absolute Gasteiger partial charge is 0.508 e. The van der Waals surface area contributed by atoms with Gasteiger partial charge in [-0.2, -0.15) is 0 Å². The summed E-state index contributed by atoms with van der Waals surface area (Å²) in [6.07, 6.45) is 4.61. The molecule has 53 heavy (non-hydrogen) atoms. The minimum atomic E-state index is -1.35. The summed E-state index contributed by atoms with van der Waals surface area (Å²) in [7, 11) is 0. The molecule has 0 radical (unpaired) electrons. The van der Waals surface area contributed by atoms with Gasteiger partial charge in [-0.3, -0.25) is 24.1 Å². The number of benzene rings is 5. The molecular formula is C46H37NO6. The molecule has 1 aliphatic heterocycles. The van der Waals surface area contributed by atoms with Crippen LogP contribution < -0.4 is 0 Å². The molecule has 0 spiro atoms. The Morgan fingerprint density at radius 3 is 2.11 bits per heavy atom. The van der Waals surface area contributed by atoms with Gasteiger partial charge in [-0.1, -0.05) is 115 Å². The van der Waals surface area contributed by atoms with Crippen molar-refractivity contribution in [2.75, 3.05) is 6.54 Å². The molecule has 2 amide bonds. The number of hydrogen-bond acceptors (Lipinski definition) is 6. The smallest absolute Gasteiger partial charge is 0.233 e. The SMILES string of the molecule is O=C1C(c2ccccc2)=CC(=O)C2(c3ccccc3)C1CC1C(=CCC3C(=O)N(CCc4ccc(O)cc4)C(=O)C31)C2c1ccc(O)c2ccccc12. The Balaban J connectivity index is 1.24. The topological polar surface area (TPSA) is 112 Å². The number of nitrogens with zero attached hydrogens (tertiary/aromatic N) is 1. The lowest BCUT2D eigenvalue weighted by atomic mass is 9.44. The quantitative estimate of drug-likeness (QED) is 0.142. The number of carbonyl (C=O) groups is 4. The van der Waals surface area contributed by atoms with Gasteiger partial charge >= 0.3 is 0 Å². The number of rotatable bonds is 6. The number of Topliss-reactive ketones (excluding diaryl/α,β-unsaturated/α-hetero) is 1. The van der Waals surface area contributed by atoms with Crippen LogP contribution in [0, 0.1) is 23.7 Å². The van der Waals surface area contributed by atoms with Gasteiger partial charge in [0.15, 0.2) is 11.6 Å². The summed E-state index contributed by atoms with van der Waals surface area (Å²) in [5.74, 6) is -3.78. The maximum atomic E-state index is 15.3. The lowest BCUT2D eigenvalue weighted by Crippen LogP contribution is -2.58. The second-order valence-corrected chi connectivity index (χ2v) is 14.8. The highest BCUT2D eigenvalue weighted by molar-refractivity contribution is 6.31. The van der Waals surface area contributed by atoms with Crippen LogP contribution in [0.3, 0.4) is 0 Å². The van der Waals surface area contributed by atoms with Crippen molar-refractivity contribution in [1.29, 1.82) is 0 Å². The molecule has 5 aromatic carbocycles. The van der Waals surface area contributed by atoms with E-state index in [1.54, 1.807) is 30.3 Å². The molecule has 4 aliphatic rings. The summed E-state index contributed by atoms with van der Waals surface area (Å²) < 4.78 is 0. The maximum Gasteiger partial charge on any atom is 0.233 e. The lowest BCUT2D eigenvalue weighted by molar-refractivity contribution is -0.140. The molecular weight excluding hydrogens is 663 g/mol. The maximum absolute atomic E-state index is 15.3. The number of hydrogen-bond donors (Lipinski definition) is 2. The number of phenols is 2. The molecule has 1 saturated heterocycles. The lowest BCUT2D eigenvalue weighted by Gasteiger charge is -2.55. The highest BCUT2D eigenvalue weighted by Crippen LogP contribution is 2.64. The zero-order valence-corrected chi connectivity index (χ0v) is 28.9. The number of phenolic OH excluding ortho intramolecular Hbond substituents is 2. The van der Waals surface area contributed by atoms with E-state index >= 15 is 9.59 Å². The molecule has 3 aliphatic carbocycles. The minimum absolute atomic E-state index is 0.109. The number of allylic oxidation sites excluding steroid dienone is 4. The second-order valence-electron chi connectivity index (χ2n) is 14.8. The number of amides is 2. The molecule has 9 rings (SSSR count). The number of fused-ring (bicyclic) bond motifs is 5. The number of aromatic hydroxyl groups is 2. The van der Waals surface area contributed by atoms with E-state index in [1.165, 1.54) is 11.0 Å². The normalized spacial score (nSPS) is 26.5. The molecule has 6 atom stereocenters. The Hall–Kier alpha value is -6.08. The van der Waals surface area contributed by atoms with Crippen LogP contribution in [-0.2, 0) is 31.0 Å². The zero-order valence-electron chi connectivity index (χ0n) is 28.9. The van der Waals surface area contributed by atoms with Crippen LogP contribution in [0.4, 0.5) is 0 Å². The molecule has 7 heteroatoms. The molecule has 0 bridgehead atoms. The Labute approximate surface area is 306 Å². The predicted octanol–water partition coefficient (Wildman–Crippen LogP) is 7.32. The monoisotopic (exact) mass is 699 g/mol. The fourth-order valence-electron chi connectivity index (χ4n) is 9.97. The molecule has 1 heterocycles. The molecule has 0 aromatic heterocycles. The average Bonchev–Trinajstić information content (AvgIpc) is 3.44. The molecule has 262 valence electrons.